The van der Waals surface area contributed by atoms with Gasteiger partial charge in [0.25, 0.3) is 0 Å². The Morgan fingerprint density at radius 1 is 1.50 bits per heavy atom. The van der Waals surface area contributed by atoms with Crippen LogP contribution in [0.25, 0.3) is 5.65 Å². The number of nitrogens with zero attached hydrogens (tertiary/aromatic N) is 3. The van der Waals surface area contributed by atoms with Gasteiger partial charge in [-0.2, -0.15) is 0 Å². The molecule has 1 fully saturated rings. The Morgan fingerprint density at radius 2 is 2.33 bits per heavy atom. The van der Waals surface area contributed by atoms with Crippen LogP contribution in [0.15, 0.2) is 24.4 Å². The first-order valence-corrected chi connectivity index (χ1v) is 6.00. The predicted molar refractivity (Wildman–Crippen MR) is 68.0 cm³/mol. The van der Waals surface area contributed by atoms with Gasteiger partial charge < -0.3 is 10.0 Å². The molecule has 1 aliphatic rings. The number of aliphatic hydroxyl groups is 1. The van der Waals surface area contributed by atoms with Gasteiger partial charge in [0, 0.05) is 19.3 Å². The third-order valence-corrected chi connectivity index (χ3v) is 3.41. The molecule has 3 rings (SSSR count). The van der Waals surface area contributed by atoms with Crippen molar-refractivity contribution < 1.29 is 9.90 Å². The Hall–Kier alpha value is -1.88. The van der Waals surface area contributed by atoms with Crippen LogP contribution in [0.5, 0.6) is 0 Å². The number of β-amino-alcohol motifs (C(OH)–C–C–N with tert-alkyl or cyclic N) is 1. The second kappa shape index (κ2) is 3.81. The molecule has 2 aromatic rings. The van der Waals surface area contributed by atoms with Gasteiger partial charge in [-0.15, -0.1) is 0 Å². The molecule has 1 atom stereocenters. The number of fused-ring (bicyclic) bond motifs is 1. The van der Waals surface area contributed by atoms with E-state index in [1.54, 1.807) is 4.40 Å². The van der Waals surface area contributed by atoms with Crippen molar-refractivity contribution in [2.24, 2.45) is 0 Å². The number of aromatic nitrogens is 2. The molecule has 1 N–H and O–H groups in total. The summed E-state index contributed by atoms with van der Waals surface area (Å²) in [5, 5.41) is 10.0. The Kier molecular flexibility index (Phi) is 2.38. The van der Waals surface area contributed by atoms with Crippen molar-refractivity contribution in [3.8, 4) is 0 Å². The SMILES string of the molecule is CC1(O)CCN(c2nc3ccccn3c2C=O)C1. The Balaban J connectivity index is 2.09. The van der Waals surface area contributed by atoms with Gasteiger partial charge in [-0.25, -0.2) is 4.98 Å². The smallest absolute Gasteiger partial charge is 0.170 e. The highest BCUT2D eigenvalue weighted by Crippen LogP contribution is 2.28. The van der Waals surface area contributed by atoms with Crippen molar-refractivity contribution in [1.29, 1.82) is 0 Å². The van der Waals surface area contributed by atoms with Gasteiger partial charge in [0.15, 0.2) is 12.1 Å². The minimum absolute atomic E-state index is 0.512. The summed E-state index contributed by atoms with van der Waals surface area (Å²) < 4.78 is 1.77. The lowest BCUT2D eigenvalue weighted by Gasteiger charge is -2.18. The van der Waals surface area contributed by atoms with Crippen molar-refractivity contribution in [3.05, 3.63) is 30.1 Å². The molecule has 94 valence electrons. The van der Waals surface area contributed by atoms with Gasteiger partial charge in [0.05, 0.1) is 5.60 Å². The number of aldehydes is 1. The lowest BCUT2D eigenvalue weighted by atomic mass is 10.1. The first kappa shape index (κ1) is 11.2. The normalized spacial score (nSPS) is 23.8. The van der Waals surface area contributed by atoms with Crippen LogP contribution in [-0.4, -0.2) is 39.5 Å². The fourth-order valence-electron chi connectivity index (χ4n) is 2.47. The Bertz CT molecular complexity index is 603. The van der Waals surface area contributed by atoms with Crippen LogP contribution in [0, 0.1) is 0 Å². The molecule has 18 heavy (non-hydrogen) atoms. The van der Waals surface area contributed by atoms with E-state index in [9.17, 15) is 9.90 Å². The number of hydrogen-bond acceptors (Lipinski definition) is 4. The third kappa shape index (κ3) is 1.67. The highest BCUT2D eigenvalue weighted by Gasteiger charge is 2.33. The summed E-state index contributed by atoms with van der Waals surface area (Å²) in [7, 11) is 0. The van der Waals surface area contributed by atoms with E-state index in [1.165, 1.54) is 0 Å². The predicted octanol–water partition coefficient (Wildman–Crippen LogP) is 1.11. The van der Waals surface area contributed by atoms with Gasteiger partial charge in [0.1, 0.15) is 11.3 Å². The van der Waals surface area contributed by atoms with Gasteiger partial charge in [-0.3, -0.25) is 9.20 Å². The molecule has 2 aromatic heterocycles. The molecule has 0 spiro atoms. The van der Waals surface area contributed by atoms with Crippen molar-refractivity contribution in [1.82, 2.24) is 9.38 Å². The molecule has 1 aliphatic heterocycles. The molecule has 0 amide bonds. The largest absolute Gasteiger partial charge is 0.388 e. The second-order valence-corrected chi connectivity index (χ2v) is 5.04. The molecular weight excluding hydrogens is 230 g/mol. The summed E-state index contributed by atoms with van der Waals surface area (Å²) >= 11 is 0. The first-order chi connectivity index (χ1) is 8.61. The molecule has 5 heteroatoms. The summed E-state index contributed by atoms with van der Waals surface area (Å²) in [6.07, 6.45) is 3.34. The molecule has 0 saturated carbocycles. The number of carbonyl (C=O) groups excluding carboxylic acids is 1. The Labute approximate surface area is 105 Å². The summed E-state index contributed by atoms with van der Waals surface area (Å²) in [6.45, 7) is 3.04. The van der Waals surface area contributed by atoms with E-state index >= 15 is 0 Å². The van der Waals surface area contributed by atoms with Gasteiger partial charge in [-0.05, 0) is 25.5 Å². The van der Waals surface area contributed by atoms with Crippen molar-refractivity contribution >= 4 is 17.8 Å². The van der Waals surface area contributed by atoms with Crippen LogP contribution < -0.4 is 4.90 Å². The van der Waals surface area contributed by atoms with Crippen molar-refractivity contribution in [3.63, 3.8) is 0 Å². The number of hydrogen-bond donors (Lipinski definition) is 1. The highest BCUT2D eigenvalue weighted by atomic mass is 16.3. The molecule has 0 radical (unpaired) electrons. The van der Waals surface area contributed by atoms with E-state index in [1.807, 2.05) is 36.2 Å². The maximum Gasteiger partial charge on any atom is 0.170 e. The van der Waals surface area contributed by atoms with E-state index in [0.717, 1.165) is 18.5 Å². The fourth-order valence-corrected chi connectivity index (χ4v) is 2.47. The lowest BCUT2D eigenvalue weighted by Crippen LogP contribution is -2.30. The number of anilines is 1. The maximum atomic E-state index is 11.3. The van der Waals surface area contributed by atoms with Gasteiger partial charge in [0.2, 0.25) is 0 Å². The minimum atomic E-state index is -0.698. The fraction of sp³-hybridized carbons (Fsp3) is 0.385. The van der Waals surface area contributed by atoms with Gasteiger partial charge in [-0.1, -0.05) is 6.07 Å². The van der Waals surface area contributed by atoms with Crippen molar-refractivity contribution in [2.75, 3.05) is 18.0 Å². The second-order valence-electron chi connectivity index (χ2n) is 5.04. The summed E-state index contributed by atoms with van der Waals surface area (Å²) in [5.74, 6) is 0.661. The first-order valence-electron chi connectivity index (χ1n) is 6.00. The standard InChI is InChI=1S/C13H15N3O2/c1-13(18)5-7-15(9-13)12-10(8-17)16-6-3-2-4-11(16)14-12/h2-4,6,8,18H,5,7,9H2,1H3. The van der Waals surface area contributed by atoms with E-state index in [-0.39, 0.29) is 0 Å². The average Bonchev–Trinajstić information content (AvgIpc) is 2.88. The zero-order chi connectivity index (χ0) is 12.8. The highest BCUT2D eigenvalue weighted by molar-refractivity contribution is 5.83. The third-order valence-electron chi connectivity index (χ3n) is 3.41. The van der Waals surface area contributed by atoms with Gasteiger partial charge >= 0.3 is 0 Å². The number of carbonyl (C=O) groups is 1. The number of rotatable bonds is 2. The zero-order valence-corrected chi connectivity index (χ0v) is 10.2. The molecule has 5 nitrogen and oxygen atoms in total. The van der Waals surface area contributed by atoms with Crippen LogP contribution in [0.1, 0.15) is 23.8 Å². The quantitative estimate of drug-likeness (QED) is 0.805. The summed E-state index contributed by atoms with van der Waals surface area (Å²) in [5.41, 5.74) is 0.597. The molecule has 0 bridgehead atoms. The molecule has 3 heterocycles. The van der Waals surface area contributed by atoms with Crippen LogP contribution in [0.4, 0.5) is 5.82 Å². The topological polar surface area (TPSA) is 57.8 Å². The van der Waals surface area contributed by atoms with E-state index in [2.05, 4.69) is 4.98 Å². The molecule has 1 saturated heterocycles. The van der Waals surface area contributed by atoms with Crippen LogP contribution >= 0.6 is 0 Å². The maximum absolute atomic E-state index is 11.3. The molecule has 0 aliphatic carbocycles. The molecular formula is C13H15N3O2. The zero-order valence-electron chi connectivity index (χ0n) is 10.2. The number of imidazole rings is 1. The van der Waals surface area contributed by atoms with Crippen LogP contribution in [0.3, 0.4) is 0 Å². The summed E-state index contributed by atoms with van der Waals surface area (Å²) in [4.78, 5) is 17.7. The monoisotopic (exact) mass is 245 g/mol. The van der Waals surface area contributed by atoms with E-state index in [4.69, 9.17) is 0 Å². The minimum Gasteiger partial charge on any atom is -0.388 e. The van der Waals surface area contributed by atoms with E-state index < -0.39 is 5.60 Å². The average molecular weight is 245 g/mol. The van der Waals surface area contributed by atoms with E-state index in [0.29, 0.717) is 24.5 Å². The molecule has 0 aromatic carbocycles. The molecule has 1 unspecified atom stereocenters. The van der Waals surface area contributed by atoms with Crippen LogP contribution in [0.2, 0.25) is 0 Å². The van der Waals surface area contributed by atoms with Crippen molar-refractivity contribution in [2.45, 2.75) is 18.9 Å². The lowest BCUT2D eigenvalue weighted by molar-refractivity contribution is 0.0838. The Morgan fingerprint density at radius 3 is 3.00 bits per heavy atom. The number of pyridine rings is 1. The summed E-state index contributed by atoms with van der Waals surface area (Å²) in [6, 6.07) is 5.62. The van der Waals surface area contributed by atoms with Crippen LogP contribution in [-0.2, 0) is 0 Å².